The number of hydrazone groups is 1. The van der Waals surface area contributed by atoms with Crippen molar-refractivity contribution in [1.82, 2.24) is 5.43 Å². The molecule has 0 saturated heterocycles. The Balaban J connectivity index is 2.70. The van der Waals surface area contributed by atoms with Crippen LogP contribution in [0.3, 0.4) is 0 Å². The lowest BCUT2D eigenvalue weighted by molar-refractivity contribution is -0.137. The van der Waals surface area contributed by atoms with E-state index in [-0.39, 0.29) is 24.2 Å². The van der Waals surface area contributed by atoms with Crippen molar-refractivity contribution in [2.24, 2.45) is 5.10 Å². The average molecular weight is 326 g/mol. The summed E-state index contributed by atoms with van der Waals surface area (Å²) in [5, 5.41) is 14.0. The third-order valence-electron chi connectivity index (χ3n) is 2.53. The molecular weight excluding hydrogens is 313 g/mol. The predicted octanol–water partition coefficient (Wildman–Crippen LogP) is 2.44. The molecule has 2 amide bonds. The highest BCUT2D eigenvalue weighted by molar-refractivity contribution is 6.06. The van der Waals surface area contributed by atoms with Crippen molar-refractivity contribution in [3.05, 3.63) is 29.8 Å². The Morgan fingerprint density at radius 3 is 2.52 bits per heavy atom. The number of anilines is 1. The van der Waals surface area contributed by atoms with E-state index >= 15 is 0 Å². The summed E-state index contributed by atoms with van der Waals surface area (Å²) in [6, 6.07) is 6.21. The number of nitrogens with zero attached hydrogens (tertiary/aromatic N) is 2. The summed E-state index contributed by atoms with van der Waals surface area (Å²) >= 11 is 0. The number of hydrogen-bond donors (Lipinski definition) is 2. The summed E-state index contributed by atoms with van der Waals surface area (Å²) < 4.78 is 38.4. The molecular formula is C14H13F3N4O2. The van der Waals surface area contributed by atoms with Gasteiger partial charge in [-0.2, -0.15) is 23.5 Å². The fourth-order valence-corrected chi connectivity index (χ4v) is 1.57. The van der Waals surface area contributed by atoms with Crippen LogP contribution in [0.1, 0.15) is 25.3 Å². The van der Waals surface area contributed by atoms with Gasteiger partial charge in [0.1, 0.15) is 6.42 Å². The highest BCUT2D eigenvalue weighted by Gasteiger charge is 2.33. The molecule has 9 heteroatoms. The monoisotopic (exact) mass is 326 g/mol. The first-order valence-corrected chi connectivity index (χ1v) is 6.39. The van der Waals surface area contributed by atoms with E-state index in [1.165, 1.54) is 19.1 Å². The topological polar surface area (TPSA) is 94.3 Å². The number of alkyl halides is 3. The maximum atomic E-state index is 12.8. The van der Waals surface area contributed by atoms with E-state index in [1.54, 1.807) is 6.07 Å². The van der Waals surface area contributed by atoms with Crippen LogP contribution in [0.4, 0.5) is 18.9 Å². The molecule has 0 radical (unpaired) electrons. The molecule has 1 rings (SSSR count). The van der Waals surface area contributed by atoms with Crippen LogP contribution in [-0.4, -0.2) is 17.5 Å². The summed E-state index contributed by atoms with van der Waals surface area (Å²) in [6.07, 6.45) is -5.28. The number of benzene rings is 1. The minimum Gasteiger partial charge on any atom is -0.325 e. The fourth-order valence-electron chi connectivity index (χ4n) is 1.57. The zero-order valence-corrected chi connectivity index (χ0v) is 12.1. The number of nitriles is 1. The van der Waals surface area contributed by atoms with Crippen LogP contribution in [0.5, 0.6) is 0 Å². The van der Waals surface area contributed by atoms with Gasteiger partial charge in [0, 0.05) is 5.71 Å². The molecule has 0 heterocycles. The second kappa shape index (κ2) is 7.93. The highest BCUT2D eigenvalue weighted by Crippen LogP contribution is 2.34. The van der Waals surface area contributed by atoms with Gasteiger partial charge in [-0.05, 0) is 19.1 Å². The molecule has 1 aromatic carbocycles. The molecule has 0 spiro atoms. The van der Waals surface area contributed by atoms with Crippen LogP contribution in [-0.2, 0) is 15.8 Å². The molecule has 23 heavy (non-hydrogen) atoms. The first-order chi connectivity index (χ1) is 10.7. The summed E-state index contributed by atoms with van der Waals surface area (Å²) in [7, 11) is 0. The minimum atomic E-state index is -4.59. The van der Waals surface area contributed by atoms with Gasteiger partial charge in [-0.15, -0.1) is 0 Å². The van der Waals surface area contributed by atoms with Crippen molar-refractivity contribution < 1.29 is 22.8 Å². The number of amides is 2. The third kappa shape index (κ3) is 6.17. The van der Waals surface area contributed by atoms with E-state index in [0.717, 1.165) is 12.1 Å². The van der Waals surface area contributed by atoms with E-state index < -0.39 is 23.6 Å². The van der Waals surface area contributed by atoms with Crippen molar-refractivity contribution in [2.75, 3.05) is 5.32 Å². The van der Waals surface area contributed by atoms with Gasteiger partial charge in [-0.1, -0.05) is 12.1 Å². The Kier molecular flexibility index (Phi) is 6.26. The molecule has 6 nitrogen and oxygen atoms in total. The largest absolute Gasteiger partial charge is 0.418 e. The molecule has 0 fully saturated rings. The van der Waals surface area contributed by atoms with Gasteiger partial charge in [0.25, 0.3) is 5.91 Å². The zero-order chi connectivity index (χ0) is 17.5. The van der Waals surface area contributed by atoms with Crippen molar-refractivity contribution in [2.45, 2.75) is 25.9 Å². The summed E-state index contributed by atoms with van der Waals surface area (Å²) in [4.78, 5) is 22.8. The fraction of sp³-hybridized carbons (Fsp3) is 0.286. The summed E-state index contributed by atoms with van der Waals surface area (Å²) in [6.45, 7) is 1.42. The van der Waals surface area contributed by atoms with Crippen LogP contribution < -0.4 is 10.7 Å². The van der Waals surface area contributed by atoms with Gasteiger partial charge in [-0.25, -0.2) is 5.43 Å². The first kappa shape index (κ1) is 18.2. The standard InChI is InChI=1S/C14H13F3N4O2/c1-9(20-21-12(22)6-7-18)8-13(23)19-11-5-3-2-4-10(11)14(15,16)17/h2-5H,6,8H2,1H3,(H,19,23)(H,21,22)/b20-9+. The van der Waals surface area contributed by atoms with Crippen LogP contribution in [0.25, 0.3) is 0 Å². The number of nitrogens with one attached hydrogen (secondary N) is 2. The predicted molar refractivity (Wildman–Crippen MR) is 76.2 cm³/mol. The van der Waals surface area contributed by atoms with Gasteiger partial charge in [-0.3, -0.25) is 9.59 Å². The lowest BCUT2D eigenvalue weighted by atomic mass is 10.1. The third-order valence-corrected chi connectivity index (χ3v) is 2.53. The Labute approximate surface area is 130 Å². The lowest BCUT2D eigenvalue weighted by Crippen LogP contribution is -2.21. The van der Waals surface area contributed by atoms with E-state index in [1.807, 2.05) is 0 Å². The van der Waals surface area contributed by atoms with Crippen molar-refractivity contribution in [3.8, 4) is 6.07 Å². The van der Waals surface area contributed by atoms with Crippen molar-refractivity contribution >= 4 is 23.2 Å². The molecule has 1 aromatic rings. The number of para-hydroxylation sites is 1. The van der Waals surface area contributed by atoms with Crippen LogP contribution in [0, 0.1) is 11.3 Å². The SMILES string of the molecule is C/C(CC(=O)Nc1ccccc1C(F)(F)F)=N\NC(=O)CC#N. The molecule has 0 unspecified atom stereocenters. The first-order valence-electron chi connectivity index (χ1n) is 6.39. The van der Waals surface area contributed by atoms with E-state index in [4.69, 9.17) is 5.26 Å². The number of rotatable bonds is 5. The number of halogens is 3. The van der Waals surface area contributed by atoms with Gasteiger partial charge in [0.05, 0.1) is 23.7 Å². The average Bonchev–Trinajstić information content (AvgIpc) is 2.44. The molecule has 0 atom stereocenters. The Morgan fingerprint density at radius 2 is 1.91 bits per heavy atom. The zero-order valence-electron chi connectivity index (χ0n) is 12.1. The van der Waals surface area contributed by atoms with E-state index in [9.17, 15) is 22.8 Å². The molecule has 2 N–H and O–H groups in total. The normalized spacial score (nSPS) is 11.5. The van der Waals surface area contributed by atoms with Gasteiger partial charge in [0.15, 0.2) is 0 Å². The van der Waals surface area contributed by atoms with Gasteiger partial charge >= 0.3 is 6.18 Å². The van der Waals surface area contributed by atoms with Crippen LogP contribution in [0.2, 0.25) is 0 Å². The highest BCUT2D eigenvalue weighted by atomic mass is 19.4. The Morgan fingerprint density at radius 1 is 1.26 bits per heavy atom. The maximum absolute atomic E-state index is 12.8. The van der Waals surface area contributed by atoms with E-state index in [0.29, 0.717) is 0 Å². The number of carbonyl (C=O) groups is 2. The minimum absolute atomic E-state index is 0.179. The Hall–Kier alpha value is -2.89. The lowest BCUT2D eigenvalue weighted by Gasteiger charge is -2.13. The smallest absolute Gasteiger partial charge is 0.325 e. The molecule has 0 aliphatic carbocycles. The van der Waals surface area contributed by atoms with Crippen molar-refractivity contribution in [3.63, 3.8) is 0 Å². The molecule has 122 valence electrons. The quantitative estimate of drug-likeness (QED) is 0.643. The second-order valence-electron chi connectivity index (χ2n) is 4.49. The summed E-state index contributed by atoms with van der Waals surface area (Å²) in [5.74, 6) is -1.35. The number of carbonyl (C=O) groups excluding carboxylic acids is 2. The molecule has 0 saturated carbocycles. The van der Waals surface area contributed by atoms with Crippen molar-refractivity contribution in [1.29, 1.82) is 5.26 Å². The number of hydrogen-bond acceptors (Lipinski definition) is 4. The maximum Gasteiger partial charge on any atom is 0.418 e. The van der Waals surface area contributed by atoms with Gasteiger partial charge in [0.2, 0.25) is 5.91 Å². The molecule has 0 aliphatic heterocycles. The summed E-state index contributed by atoms with van der Waals surface area (Å²) in [5.41, 5.74) is 0.925. The van der Waals surface area contributed by atoms with E-state index in [2.05, 4.69) is 15.8 Å². The second-order valence-corrected chi connectivity index (χ2v) is 4.49. The molecule has 0 aromatic heterocycles. The Bertz CT molecular complexity index is 663. The molecule has 0 bridgehead atoms. The van der Waals surface area contributed by atoms with Crippen LogP contribution in [0.15, 0.2) is 29.4 Å². The van der Waals surface area contributed by atoms with Gasteiger partial charge < -0.3 is 5.32 Å². The van der Waals surface area contributed by atoms with Crippen LogP contribution >= 0.6 is 0 Å². The molecule has 0 aliphatic rings.